The average molecular weight is 183 g/mol. The van der Waals surface area contributed by atoms with Crippen molar-refractivity contribution in [2.75, 3.05) is 13.6 Å². The fourth-order valence-corrected chi connectivity index (χ4v) is 2.39. The third-order valence-corrected chi connectivity index (χ3v) is 3.26. The zero-order chi connectivity index (χ0) is 9.36. The van der Waals surface area contributed by atoms with Gasteiger partial charge in [0.1, 0.15) is 0 Å². The first-order valence-corrected chi connectivity index (χ1v) is 6.08. The minimum atomic E-state index is 1.07. The quantitative estimate of drug-likeness (QED) is 0.509. The molecule has 0 saturated heterocycles. The number of rotatable bonds is 5. The van der Waals surface area contributed by atoms with Gasteiger partial charge in [-0.05, 0) is 25.9 Å². The molecule has 78 valence electrons. The van der Waals surface area contributed by atoms with Gasteiger partial charge in [-0.3, -0.25) is 0 Å². The van der Waals surface area contributed by atoms with Crippen molar-refractivity contribution in [1.29, 1.82) is 0 Å². The molecular weight excluding hydrogens is 158 g/mol. The second-order valence-electron chi connectivity index (χ2n) is 4.46. The van der Waals surface area contributed by atoms with Gasteiger partial charge in [-0.1, -0.05) is 51.4 Å². The molecule has 0 atom stereocenters. The summed E-state index contributed by atoms with van der Waals surface area (Å²) in [5.41, 5.74) is 0. The normalized spacial score (nSPS) is 20.1. The van der Waals surface area contributed by atoms with Crippen LogP contribution in [0.1, 0.15) is 57.8 Å². The van der Waals surface area contributed by atoms with Crippen molar-refractivity contribution in [3.8, 4) is 0 Å². The third kappa shape index (κ3) is 5.30. The lowest BCUT2D eigenvalue weighted by Gasteiger charge is -2.12. The molecule has 13 heavy (non-hydrogen) atoms. The summed E-state index contributed by atoms with van der Waals surface area (Å²) >= 11 is 0. The van der Waals surface area contributed by atoms with Crippen LogP contribution in [-0.2, 0) is 0 Å². The first-order valence-electron chi connectivity index (χ1n) is 6.08. The van der Waals surface area contributed by atoms with E-state index >= 15 is 0 Å². The lowest BCUT2D eigenvalue weighted by molar-refractivity contribution is 0.408. The van der Waals surface area contributed by atoms with Gasteiger partial charge in [0.2, 0.25) is 0 Å². The molecule has 1 heteroatoms. The molecule has 0 spiro atoms. The maximum Gasteiger partial charge on any atom is -0.00519 e. The Labute approximate surface area is 83.3 Å². The zero-order valence-electron chi connectivity index (χ0n) is 9.15. The average Bonchev–Trinajstić information content (AvgIpc) is 2.41. The molecule has 0 aromatic rings. The summed E-state index contributed by atoms with van der Waals surface area (Å²) in [6, 6.07) is 0. The summed E-state index contributed by atoms with van der Waals surface area (Å²) in [5.74, 6) is 1.07. The minimum Gasteiger partial charge on any atom is -0.320 e. The van der Waals surface area contributed by atoms with Crippen molar-refractivity contribution in [2.24, 2.45) is 5.92 Å². The molecule has 1 rings (SSSR count). The molecule has 0 heterocycles. The topological polar surface area (TPSA) is 12.0 Å². The molecule has 0 aromatic heterocycles. The van der Waals surface area contributed by atoms with E-state index in [2.05, 4.69) is 5.32 Å². The Balaban J connectivity index is 1.98. The molecule has 0 bridgehead atoms. The lowest BCUT2D eigenvalue weighted by Crippen LogP contribution is -2.08. The van der Waals surface area contributed by atoms with Crippen LogP contribution >= 0.6 is 0 Å². The van der Waals surface area contributed by atoms with Gasteiger partial charge < -0.3 is 5.32 Å². The molecule has 0 aliphatic heterocycles. The maximum atomic E-state index is 3.22. The molecule has 1 saturated carbocycles. The smallest absolute Gasteiger partial charge is 0.00519 e. The summed E-state index contributed by atoms with van der Waals surface area (Å²) in [6.45, 7) is 1.20. The van der Waals surface area contributed by atoms with E-state index in [1.807, 2.05) is 7.05 Å². The molecule has 1 aliphatic rings. The van der Waals surface area contributed by atoms with Crippen LogP contribution in [0.3, 0.4) is 0 Å². The summed E-state index contributed by atoms with van der Waals surface area (Å²) in [5, 5.41) is 3.22. The standard InChI is InChI=1S/C12H25N/c1-13-11-7-6-10-12-8-4-2-3-5-9-12/h12-13H,2-11H2,1H3. The number of nitrogens with one attached hydrogen (secondary N) is 1. The second kappa shape index (κ2) is 7.37. The zero-order valence-corrected chi connectivity index (χ0v) is 9.15. The fourth-order valence-electron chi connectivity index (χ4n) is 2.39. The van der Waals surface area contributed by atoms with E-state index in [0.29, 0.717) is 0 Å². The highest BCUT2D eigenvalue weighted by Gasteiger charge is 2.10. The van der Waals surface area contributed by atoms with E-state index < -0.39 is 0 Å². The Bertz CT molecular complexity index is 104. The van der Waals surface area contributed by atoms with E-state index in [9.17, 15) is 0 Å². The Morgan fingerprint density at radius 1 is 1.00 bits per heavy atom. The van der Waals surface area contributed by atoms with E-state index in [0.717, 1.165) is 5.92 Å². The van der Waals surface area contributed by atoms with Crippen molar-refractivity contribution in [2.45, 2.75) is 57.8 Å². The van der Waals surface area contributed by atoms with Gasteiger partial charge in [-0.2, -0.15) is 0 Å². The molecule has 1 aliphatic carbocycles. The highest BCUT2D eigenvalue weighted by atomic mass is 14.8. The van der Waals surface area contributed by atoms with Crippen LogP contribution in [0, 0.1) is 5.92 Å². The van der Waals surface area contributed by atoms with Crippen molar-refractivity contribution >= 4 is 0 Å². The number of hydrogen-bond donors (Lipinski definition) is 1. The molecular formula is C12H25N. The first-order chi connectivity index (χ1) is 6.43. The van der Waals surface area contributed by atoms with Crippen molar-refractivity contribution < 1.29 is 0 Å². The van der Waals surface area contributed by atoms with Gasteiger partial charge in [0, 0.05) is 0 Å². The molecule has 0 radical (unpaired) electrons. The van der Waals surface area contributed by atoms with Crippen LogP contribution < -0.4 is 5.32 Å². The van der Waals surface area contributed by atoms with Crippen LogP contribution in [-0.4, -0.2) is 13.6 Å². The van der Waals surface area contributed by atoms with E-state index in [1.165, 1.54) is 64.3 Å². The van der Waals surface area contributed by atoms with E-state index in [1.54, 1.807) is 0 Å². The SMILES string of the molecule is CNCCCCC1CCCCCC1. The lowest BCUT2D eigenvalue weighted by atomic mass is 9.94. The predicted octanol–water partition coefficient (Wildman–Crippen LogP) is 3.35. The molecule has 0 aromatic carbocycles. The first kappa shape index (κ1) is 11.0. The van der Waals surface area contributed by atoms with Gasteiger partial charge >= 0.3 is 0 Å². The Morgan fingerprint density at radius 2 is 1.69 bits per heavy atom. The van der Waals surface area contributed by atoms with Crippen molar-refractivity contribution in [3.63, 3.8) is 0 Å². The highest BCUT2D eigenvalue weighted by Crippen LogP contribution is 2.26. The van der Waals surface area contributed by atoms with Gasteiger partial charge in [0.15, 0.2) is 0 Å². The molecule has 1 fully saturated rings. The van der Waals surface area contributed by atoms with Crippen LogP contribution in [0.25, 0.3) is 0 Å². The Morgan fingerprint density at radius 3 is 2.31 bits per heavy atom. The number of unbranched alkanes of at least 4 members (excludes halogenated alkanes) is 1. The summed E-state index contributed by atoms with van der Waals surface area (Å²) in [7, 11) is 2.05. The van der Waals surface area contributed by atoms with Crippen LogP contribution in [0.15, 0.2) is 0 Å². The molecule has 1 N–H and O–H groups in total. The van der Waals surface area contributed by atoms with Gasteiger partial charge in [0.05, 0.1) is 0 Å². The van der Waals surface area contributed by atoms with Gasteiger partial charge in [-0.25, -0.2) is 0 Å². The number of hydrogen-bond acceptors (Lipinski definition) is 1. The second-order valence-corrected chi connectivity index (χ2v) is 4.46. The Hall–Kier alpha value is -0.0400. The van der Waals surface area contributed by atoms with Crippen molar-refractivity contribution in [3.05, 3.63) is 0 Å². The molecule has 0 amide bonds. The van der Waals surface area contributed by atoms with Crippen molar-refractivity contribution in [1.82, 2.24) is 5.32 Å². The molecule has 1 nitrogen and oxygen atoms in total. The summed E-state index contributed by atoms with van der Waals surface area (Å²) < 4.78 is 0. The van der Waals surface area contributed by atoms with E-state index in [4.69, 9.17) is 0 Å². The largest absolute Gasteiger partial charge is 0.320 e. The van der Waals surface area contributed by atoms with Gasteiger partial charge in [0.25, 0.3) is 0 Å². The summed E-state index contributed by atoms with van der Waals surface area (Å²) in [4.78, 5) is 0. The van der Waals surface area contributed by atoms with E-state index in [-0.39, 0.29) is 0 Å². The maximum absolute atomic E-state index is 3.22. The van der Waals surface area contributed by atoms with Crippen LogP contribution in [0.4, 0.5) is 0 Å². The van der Waals surface area contributed by atoms with Crippen LogP contribution in [0.5, 0.6) is 0 Å². The highest BCUT2D eigenvalue weighted by molar-refractivity contribution is 4.64. The van der Waals surface area contributed by atoms with Gasteiger partial charge in [-0.15, -0.1) is 0 Å². The monoisotopic (exact) mass is 183 g/mol. The fraction of sp³-hybridized carbons (Fsp3) is 1.00. The minimum absolute atomic E-state index is 1.07. The Kier molecular flexibility index (Phi) is 6.26. The third-order valence-electron chi connectivity index (χ3n) is 3.26. The summed E-state index contributed by atoms with van der Waals surface area (Å²) in [6.07, 6.45) is 13.3. The van der Waals surface area contributed by atoms with Crippen LogP contribution in [0.2, 0.25) is 0 Å². The predicted molar refractivity (Wildman–Crippen MR) is 59.0 cm³/mol. The molecule has 0 unspecified atom stereocenters.